The zero-order valence-corrected chi connectivity index (χ0v) is 22.7. The van der Waals surface area contributed by atoms with Gasteiger partial charge in [-0.15, -0.1) is 0 Å². The molecule has 0 aliphatic carbocycles. The number of piperidine rings is 1. The Bertz CT molecular complexity index is 1580. The first kappa shape index (κ1) is 26.6. The number of aromatic carboxylic acids is 1. The van der Waals surface area contributed by atoms with Gasteiger partial charge in [-0.1, -0.05) is 15.9 Å². The molecule has 1 N–H and O–H groups in total. The normalized spacial score (nSPS) is 13.5. The highest BCUT2D eigenvalue weighted by Crippen LogP contribution is 2.37. The van der Waals surface area contributed by atoms with Gasteiger partial charge in [0.15, 0.2) is 0 Å². The topological polar surface area (TPSA) is 71.8 Å². The smallest absolute Gasteiger partial charge is 0.335 e. The van der Waals surface area contributed by atoms with Crippen LogP contribution in [0.5, 0.6) is 5.75 Å². The molecule has 2 heterocycles. The monoisotopic (exact) mass is 594 g/mol. The summed E-state index contributed by atoms with van der Waals surface area (Å²) in [5.74, 6) is -2.03. The predicted molar refractivity (Wildman–Crippen MR) is 147 cm³/mol. The van der Waals surface area contributed by atoms with Gasteiger partial charge in [-0.3, -0.25) is 4.79 Å². The molecule has 0 saturated carbocycles. The van der Waals surface area contributed by atoms with E-state index in [1.807, 2.05) is 35.8 Å². The Morgan fingerprint density at radius 2 is 1.79 bits per heavy atom. The summed E-state index contributed by atoms with van der Waals surface area (Å²) in [7, 11) is 0. The number of rotatable bonds is 7. The molecular weight excluding hydrogens is 570 g/mol. The fraction of sp³-hybridized carbons (Fsp3) is 0.200. The Morgan fingerprint density at radius 3 is 2.54 bits per heavy atom. The molecule has 0 atom stereocenters. The van der Waals surface area contributed by atoms with Crippen LogP contribution < -0.4 is 9.64 Å². The number of ether oxygens (including phenoxy) is 1. The number of carboxylic acids is 1. The van der Waals surface area contributed by atoms with E-state index in [2.05, 4.69) is 15.9 Å². The van der Waals surface area contributed by atoms with E-state index in [1.54, 1.807) is 23.1 Å². The molecule has 1 fully saturated rings. The summed E-state index contributed by atoms with van der Waals surface area (Å²) in [6.45, 7) is 2.31. The van der Waals surface area contributed by atoms with Crippen molar-refractivity contribution in [3.8, 4) is 22.7 Å². The van der Waals surface area contributed by atoms with Gasteiger partial charge in [-0.05, 0) is 80.4 Å². The summed E-state index contributed by atoms with van der Waals surface area (Å²) in [6.07, 6.45) is 2.09. The van der Waals surface area contributed by atoms with E-state index >= 15 is 0 Å². The first-order valence-corrected chi connectivity index (χ1v) is 13.2. The second-order valence-electron chi connectivity index (χ2n) is 9.41. The Hall–Kier alpha value is -3.98. The van der Waals surface area contributed by atoms with Crippen molar-refractivity contribution in [2.24, 2.45) is 0 Å². The van der Waals surface area contributed by atoms with Gasteiger partial charge >= 0.3 is 5.97 Å². The number of anilines is 1. The average Bonchev–Trinajstić information content (AvgIpc) is 3.29. The average molecular weight is 595 g/mol. The van der Waals surface area contributed by atoms with Crippen molar-refractivity contribution in [3.63, 3.8) is 0 Å². The standard InChI is InChI=1S/C30H25BrF2N2O4/c1-18-5-9-27(25-14-21(31)7-10-28(25)39-17-19-6-8-22(32)15-26(19)33)35(18)24-13-20(30(37)38)12-23(16-24)34-11-3-2-4-29(34)36/h5-10,12-16H,2-4,11,17H2,1H3,(H,37,38). The van der Waals surface area contributed by atoms with Gasteiger partial charge in [-0.2, -0.15) is 0 Å². The molecule has 1 aliphatic rings. The second kappa shape index (κ2) is 11.0. The lowest BCUT2D eigenvalue weighted by atomic mass is 10.1. The lowest BCUT2D eigenvalue weighted by Gasteiger charge is -2.28. The highest BCUT2D eigenvalue weighted by molar-refractivity contribution is 9.10. The highest BCUT2D eigenvalue weighted by Gasteiger charge is 2.23. The van der Waals surface area contributed by atoms with Crippen LogP contribution >= 0.6 is 15.9 Å². The summed E-state index contributed by atoms with van der Waals surface area (Å²) < 4.78 is 36.3. The molecule has 5 rings (SSSR count). The summed E-state index contributed by atoms with van der Waals surface area (Å²) in [6, 6.07) is 17.5. The minimum absolute atomic E-state index is 0.0325. The number of nitrogens with zero attached hydrogens (tertiary/aromatic N) is 2. The molecule has 1 saturated heterocycles. The van der Waals surface area contributed by atoms with Gasteiger partial charge in [0.05, 0.1) is 11.3 Å². The maximum absolute atomic E-state index is 14.2. The number of carbonyl (C=O) groups is 2. The zero-order chi connectivity index (χ0) is 27.7. The van der Waals surface area contributed by atoms with E-state index in [0.717, 1.165) is 29.1 Å². The fourth-order valence-corrected chi connectivity index (χ4v) is 5.16. The maximum Gasteiger partial charge on any atom is 0.335 e. The Kier molecular flexibility index (Phi) is 7.52. The van der Waals surface area contributed by atoms with Crippen molar-refractivity contribution in [3.05, 3.63) is 99.7 Å². The van der Waals surface area contributed by atoms with Crippen molar-refractivity contribution in [2.45, 2.75) is 32.8 Å². The fourth-order valence-electron chi connectivity index (χ4n) is 4.80. The minimum Gasteiger partial charge on any atom is -0.488 e. The van der Waals surface area contributed by atoms with Crippen LogP contribution in [0.3, 0.4) is 0 Å². The predicted octanol–water partition coefficient (Wildman–Crippen LogP) is 7.29. The minimum atomic E-state index is -1.10. The summed E-state index contributed by atoms with van der Waals surface area (Å²) >= 11 is 3.51. The van der Waals surface area contributed by atoms with E-state index < -0.39 is 17.6 Å². The van der Waals surface area contributed by atoms with Crippen molar-refractivity contribution in [1.82, 2.24) is 4.57 Å². The number of benzene rings is 3. The van der Waals surface area contributed by atoms with E-state index in [-0.39, 0.29) is 23.6 Å². The van der Waals surface area contributed by atoms with Crippen LogP contribution in [0.25, 0.3) is 16.9 Å². The Balaban J connectivity index is 1.59. The molecule has 9 heteroatoms. The third-order valence-electron chi connectivity index (χ3n) is 6.73. The number of carboxylic acid groups (broad SMARTS) is 1. The van der Waals surface area contributed by atoms with Crippen LogP contribution in [-0.2, 0) is 11.4 Å². The van der Waals surface area contributed by atoms with E-state index in [9.17, 15) is 23.5 Å². The number of aromatic nitrogens is 1. The molecule has 0 radical (unpaired) electrons. The van der Waals surface area contributed by atoms with Crippen LogP contribution in [0.2, 0.25) is 0 Å². The second-order valence-corrected chi connectivity index (χ2v) is 10.3. The van der Waals surface area contributed by atoms with Crippen LogP contribution in [0.15, 0.2) is 71.2 Å². The molecule has 1 aromatic heterocycles. The van der Waals surface area contributed by atoms with Crippen molar-refractivity contribution in [2.75, 3.05) is 11.4 Å². The van der Waals surface area contributed by atoms with Gasteiger partial charge in [-0.25, -0.2) is 13.6 Å². The third-order valence-corrected chi connectivity index (χ3v) is 7.23. The number of hydrogen-bond acceptors (Lipinski definition) is 3. The van der Waals surface area contributed by atoms with Crippen LogP contribution in [0, 0.1) is 18.6 Å². The Labute approximate surface area is 232 Å². The van der Waals surface area contributed by atoms with Crippen LogP contribution in [-0.4, -0.2) is 28.1 Å². The summed E-state index contributed by atoms with van der Waals surface area (Å²) in [5.41, 5.74) is 3.61. The quantitative estimate of drug-likeness (QED) is 0.244. The highest BCUT2D eigenvalue weighted by atomic mass is 79.9. The Morgan fingerprint density at radius 1 is 1.00 bits per heavy atom. The van der Waals surface area contributed by atoms with E-state index in [1.165, 1.54) is 18.2 Å². The third kappa shape index (κ3) is 5.59. The number of aryl methyl sites for hydroxylation is 1. The molecule has 0 bridgehead atoms. The first-order chi connectivity index (χ1) is 18.7. The van der Waals surface area contributed by atoms with Gasteiger partial charge in [0.25, 0.3) is 0 Å². The zero-order valence-electron chi connectivity index (χ0n) is 21.1. The maximum atomic E-state index is 14.2. The molecule has 1 amide bonds. The van der Waals surface area contributed by atoms with Crippen LogP contribution in [0.4, 0.5) is 14.5 Å². The molecule has 1 aliphatic heterocycles. The molecule has 3 aromatic carbocycles. The molecule has 200 valence electrons. The van der Waals surface area contributed by atoms with Crippen molar-refractivity contribution >= 4 is 33.5 Å². The number of halogens is 3. The SMILES string of the molecule is Cc1ccc(-c2cc(Br)ccc2OCc2ccc(F)cc2F)n1-c1cc(C(=O)O)cc(N2CCCCC2=O)c1. The summed E-state index contributed by atoms with van der Waals surface area (Å²) in [4.78, 5) is 26.3. The van der Waals surface area contributed by atoms with E-state index in [0.29, 0.717) is 41.3 Å². The van der Waals surface area contributed by atoms with Crippen molar-refractivity contribution in [1.29, 1.82) is 0 Å². The number of carbonyl (C=O) groups excluding carboxylic acids is 1. The molecule has 0 unspecified atom stereocenters. The molecule has 6 nitrogen and oxygen atoms in total. The molecular formula is C30H25BrF2N2O4. The number of amides is 1. The van der Waals surface area contributed by atoms with Gasteiger partial charge in [0.1, 0.15) is 24.0 Å². The largest absolute Gasteiger partial charge is 0.488 e. The first-order valence-electron chi connectivity index (χ1n) is 12.5. The van der Waals surface area contributed by atoms with Gasteiger partial charge < -0.3 is 19.3 Å². The van der Waals surface area contributed by atoms with Gasteiger partial charge in [0.2, 0.25) is 5.91 Å². The molecule has 4 aromatic rings. The molecule has 39 heavy (non-hydrogen) atoms. The summed E-state index contributed by atoms with van der Waals surface area (Å²) in [5, 5.41) is 9.86. The lowest BCUT2D eigenvalue weighted by molar-refractivity contribution is -0.119. The van der Waals surface area contributed by atoms with Gasteiger partial charge in [0, 0.05) is 51.7 Å². The van der Waals surface area contributed by atoms with E-state index in [4.69, 9.17) is 4.74 Å². The molecule has 0 spiro atoms. The lowest BCUT2D eigenvalue weighted by Crippen LogP contribution is -2.35. The number of hydrogen-bond donors (Lipinski definition) is 1. The van der Waals surface area contributed by atoms with Crippen molar-refractivity contribution < 1.29 is 28.2 Å². The van der Waals surface area contributed by atoms with Crippen LogP contribution in [0.1, 0.15) is 40.9 Å².